The van der Waals surface area contributed by atoms with Crippen molar-refractivity contribution in [1.29, 1.82) is 0 Å². The lowest BCUT2D eigenvalue weighted by atomic mass is 10.0. The molecule has 2 heterocycles. The highest BCUT2D eigenvalue weighted by atomic mass is 16.5. The van der Waals surface area contributed by atoms with Crippen molar-refractivity contribution in [2.75, 3.05) is 33.4 Å². The van der Waals surface area contributed by atoms with Crippen LogP contribution in [0.3, 0.4) is 0 Å². The summed E-state index contributed by atoms with van der Waals surface area (Å²) < 4.78 is 11.0. The molecule has 1 fully saturated rings. The molecule has 0 saturated carbocycles. The molecule has 1 aromatic rings. The Morgan fingerprint density at radius 2 is 1.89 bits per heavy atom. The minimum Gasteiger partial charge on any atom is -0.493 e. The van der Waals surface area contributed by atoms with Gasteiger partial charge in [-0.05, 0) is 31.7 Å². The van der Waals surface area contributed by atoms with Gasteiger partial charge in [-0.3, -0.25) is 29.4 Å². The molecule has 0 bridgehead atoms. The first kappa shape index (κ1) is 20.0. The summed E-state index contributed by atoms with van der Waals surface area (Å²) in [6, 6.07) is 3.70. The first-order valence-electron chi connectivity index (χ1n) is 9.23. The highest BCUT2D eigenvalue weighted by Crippen LogP contribution is 2.30. The number of piperidine rings is 1. The van der Waals surface area contributed by atoms with E-state index in [1.54, 1.807) is 6.07 Å². The van der Waals surface area contributed by atoms with Crippen LogP contribution in [0, 0.1) is 0 Å². The molecule has 2 aliphatic rings. The maximum atomic E-state index is 12.7. The maximum absolute atomic E-state index is 12.7. The van der Waals surface area contributed by atoms with Crippen LogP contribution < -0.4 is 15.4 Å². The second kappa shape index (κ2) is 8.94. The number of ether oxygens (including phenoxy) is 2. The van der Waals surface area contributed by atoms with Gasteiger partial charge in [-0.2, -0.15) is 0 Å². The number of fused-ring (bicyclic) bond motifs is 1. The zero-order valence-electron chi connectivity index (χ0n) is 15.7. The number of hydrogen-bond donors (Lipinski definition) is 2. The van der Waals surface area contributed by atoms with Crippen molar-refractivity contribution in [2.24, 2.45) is 0 Å². The number of nitrogens with zero attached hydrogens (tertiary/aromatic N) is 1. The fourth-order valence-corrected chi connectivity index (χ4v) is 3.17. The van der Waals surface area contributed by atoms with Gasteiger partial charge in [0.15, 0.2) is 0 Å². The lowest BCUT2D eigenvalue weighted by molar-refractivity contribution is -0.136. The zero-order chi connectivity index (χ0) is 20.1. The Hall–Kier alpha value is -2.78. The molecule has 0 aliphatic carbocycles. The van der Waals surface area contributed by atoms with Crippen molar-refractivity contribution < 1.29 is 28.7 Å². The van der Waals surface area contributed by atoms with Crippen molar-refractivity contribution in [2.45, 2.75) is 25.3 Å². The first-order valence-corrected chi connectivity index (χ1v) is 9.23. The average molecular weight is 389 g/mol. The summed E-state index contributed by atoms with van der Waals surface area (Å²) >= 11 is 0. The van der Waals surface area contributed by atoms with E-state index >= 15 is 0 Å². The van der Waals surface area contributed by atoms with E-state index in [0.717, 1.165) is 11.4 Å². The van der Waals surface area contributed by atoms with Gasteiger partial charge in [0, 0.05) is 26.0 Å². The molecule has 1 aromatic carbocycles. The number of amides is 4. The molecule has 9 heteroatoms. The van der Waals surface area contributed by atoms with Crippen molar-refractivity contribution in [3.63, 3.8) is 0 Å². The van der Waals surface area contributed by atoms with Gasteiger partial charge in [-0.25, -0.2) is 0 Å². The summed E-state index contributed by atoms with van der Waals surface area (Å²) in [4.78, 5) is 49.6. The molecule has 4 amide bonds. The fourth-order valence-electron chi connectivity index (χ4n) is 3.17. The largest absolute Gasteiger partial charge is 0.493 e. The number of nitrogens with one attached hydrogen (secondary N) is 2. The summed E-state index contributed by atoms with van der Waals surface area (Å²) in [6.07, 6.45) is 0.914. The molecule has 9 nitrogen and oxygen atoms in total. The number of rotatable bonds is 9. The van der Waals surface area contributed by atoms with Gasteiger partial charge >= 0.3 is 0 Å². The Labute approximate surface area is 162 Å². The lowest BCUT2D eigenvalue weighted by Gasteiger charge is -2.27. The van der Waals surface area contributed by atoms with Crippen LogP contribution in [0.15, 0.2) is 18.2 Å². The normalized spacial score (nSPS) is 19.0. The van der Waals surface area contributed by atoms with E-state index in [-0.39, 0.29) is 24.0 Å². The molecule has 1 unspecified atom stereocenters. The molecule has 0 aromatic heterocycles. The standard InChI is InChI=1S/C19H23N3O6/c1-20-7-10-27-8-2-9-28-12-3-4-13-14(11-12)19(26)22(18(13)25)15-5-6-16(23)21-17(15)24/h3-4,11,15,20H,2,5-10H2,1H3,(H,21,23,24). The Morgan fingerprint density at radius 1 is 1.11 bits per heavy atom. The quantitative estimate of drug-likeness (QED) is 0.455. The highest BCUT2D eigenvalue weighted by Gasteiger charge is 2.44. The molecule has 1 atom stereocenters. The number of imide groups is 2. The van der Waals surface area contributed by atoms with Crippen LogP contribution >= 0.6 is 0 Å². The molecule has 0 spiro atoms. The van der Waals surface area contributed by atoms with Crippen LogP contribution in [0.5, 0.6) is 5.75 Å². The van der Waals surface area contributed by atoms with Crippen LogP contribution in [0.4, 0.5) is 0 Å². The van der Waals surface area contributed by atoms with Crippen LogP contribution in [-0.4, -0.2) is 68.0 Å². The monoisotopic (exact) mass is 389 g/mol. The zero-order valence-corrected chi connectivity index (χ0v) is 15.7. The maximum Gasteiger partial charge on any atom is 0.262 e. The second-order valence-electron chi connectivity index (χ2n) is 6.57. The van der Waals surface area contributed by atoms with Crippen LogP contribution in [0.1, 0.15) is 40.0 Å². The number of hydrogen-bond acceptors (Lipinski definition) is 7. The molecule has 1 saturated heterocycles. The van der Waals surface area contributed by atoms with Gasteiger partial charge in [0.25, 0.3) is 11.8 Å². The van der Waals surface area contributed by atoms with Gasteiger partial charge < -0.3 is 14.8 Å². The van der Waals surface area contributed by atoms with E-state index in [1.165, 1.54) is 12.1 Å². The molecule has 150 valence electrons. The third-order valence-electron chi connectivity index (χ3n) is 4.61. The average Bonchev–Trinajstić information content (AvgIpc) is 2.92. The molecule has 2 N–H and O–H groups in total. The molecular weight excluding hydrogens is 366 g/mol. The van der Waals surface area contributed by atoms with Gasteiger partial charge in [-0.1, -0.05) is 0 Å². The van der Waals surface area contributed by atoms with E-state index in [1.807, 2.05) is 7.05 Å². The van der Waals surface area contributed by atoms with Crippen LogP contribution in [0.25, 0.3) is 0 Å². The van der Waals surface area contributed by atoms with E-state index < -0.39 is 29.7 Å². The third-order valence-corrected chi connectivity index (χ3v) is 4.61. The number of carbonyl (C=O) groups is 4. The molecule has 0 radical (unpaired) electrons. The van der Waals surface area contributed by atoms with Crippen molar-refractivity contribution >= 4 is 23.6 Å². The smallest absolute Gasteiger partial charge is 0.262 e. The van der Waals surface area contributed by atoms with Crippen molar-refractivity contribution in [1.82, 2.24) is 15.5 Å². The second-order valence-corrected chi connectivity index (χ2v) is 6.57. The number of likely N-dealkylation sites (N-methyl/N-ethyl adjacent to an activating group) is 1. The summed E-state index contributed by atoms with van der Waals surface area (Å²) in [5.41, 5.74) is 0.440. The number of carbonyl (C=O) groups excluding carboxylic acids is 4. The highest BCUT2D eigenvalue weighted by molar-refractivity contribution is 6.23. The third kappa shape index (κ3) is 4.20. The van der Waals surface area contributed by atoms with Crippen molar-refractivity contribution in [3.8, 4) is 5.75 Å². The van der Waals surface area contributed by atoms with Gasteiger partial charge in [0.05, 0.1) is 24.3 Å². The molecule has 2 aliphatic heterocycles. The van der Waals surface area contributed by atoms with E-state index in [9.17, 15) is 19.2 Å². The minimum absolute atomic E-state index is 0.0918. The van der Waals surface area contributed by atoms with Crippen LogP contribution in [0.2, 0.25) is 0 Å². The molecule has 28 heavy (non-hydrogen) atoms. The fraction of sp³-hybridized carbons (Fsp3) is 0.474. The Morgan fingerprint density at radius 3 is 2.64 bits per heavy atom. The van der Waals surface area contributed by atoms with Gasteiger partial charge in [-0.15, -0.1) is 0 Å². The van der Waals surface area contributed by atoms with E-state index in [0.29, 0.717) is 32.0 Å². The van der Waals surface area contributed by atoms with E-state index in [2.05, 4.69) is 10.6 Å². The minimum atomic E-state index is -0.968. The molecular formula is C19H23N3O6. The number of benzene rings is 1. The topological polar surface area (TPSA) is 114 Å². The Bertz CT molecular complexity index is 794. The Balaban J connectivity index is 1.60. The summed E-state index contributed by atoms with van der Waals surface area (Å²) in [6.45, 7) is 2.39. The molecule has 3 rings (SSSR count). The summed E-state index contributed by atoms with van der Waals surface area (Å²) in [5, 5.41) is 5.16. The van der Waals surface area contributed by atoms with Gasteiger partial charge in [0.1, 0.15) is 11.8 Å². The Kier molecular flexibility index (Phi) is 6.37. The predicted molar refractivity (Wildman–Crippen MR) is 98.0 cm³/mol. The van der Waals surface area contributed by atoms with Crippen molar-refractivity contribution in [3.05, 3.63) is 29.3 Å². The summed E-state index contributed by atoms with van der Waals surface area (Å²) in [7, 11) is 1.85. The first-order chi connectivity index (χ1) is 13.5. The van der Waals surface area contributed by atoms with Gasteiger partial charge in [0.2, 0.25) is 11.8 Å². The van der Waals surface area contributed by atoms with Crippen LogP contribution in [-0.2, 0) is 14.3 Å². The lowest BCUT2D eigenvalue weighted by Crippen LogP contribution is -2.54. The predicted octanol–water partition coefficient (Wildman–Crippen LogP) is 0.0927. The summed E-state index contributed by atoms with van der Waals surface area (Å²) in [5.74, 6) is -1.63. The van der Waals surface area contributed by atoms with E-state index in [4.69, 9.17) is 9.47 Å². The SMILES string of the molecule is CNCCOCCCOc1ccc2c(c1)C(=O)N(C1CCC(=O)NC1=O)C2=O.